The van der Waals surface area contributed by atoms with E-state index < -0.39 is 5.82 Å². The maximum atomic E-state index is 13.3. The molecule has 6 heteroatoms. The van der Waals surface area contributed by atoms with Gasteiger partial charge in [0.2, 0.25) is 0 Å². The lowest BCUT2D eigenvalue weighted by Gasteiger charge is -2.09. The van der Waals surface area contributed by atoms with Gasteiger partial charge < -0.3 is 10.5 Å². The summed E-state index contributed by atoms with van der Waals surface area (Å²) in [6, 6.07) is 7.64. The van der Waals surface area contributed by atoms with Gasteiger partial charge in [-0.2, -0.15) is 0 Å². The van der Waals surface area contributed by atoms with Crippen molar-refractivity contribution in [2.24, 2.45) is 5.73 Å². The molecule has 0 aliphatic carbocycles. The molecule has 2 aromatic rings. The number of ether oxygens (including phenoxy) is 1. The number of nitrogens with two attached hydrogens (primary N) is 1. The average molecular weight is 310 g/mol. The lowest BCUT2D eigenvalue weighted by atomic mass is 10.3. The van der Waals surface area contributed by atoms with Crippen LogP contribution in [0.3, 0.4) is 0 Å². The van der Waals surface area contributed by atoms with Gasteiger partial charge in [0.1, 0.15) is 23.1 Å². The summed E-state index contributed by atoms with van der Waals surface area (Å²) >= 11 is 3.06. The molecule has 1 heterocycles. The molecule has 0 amide bonds. The molecule has 3 N–H and O–H groups in total. The van der Waals surface area contributed by atoms with Crippen molar-refractivity contribution in [2.75, 3.05) is 0 Å². The molecule has 1 aromatic carbocycles. The molecule has 92 valence electrons. The summed E-state index contributed by atoms with van der Waals surface area (Å²) in [7, 11) is 0. The number of hydrogen-bond donors (Lipinski definition) is 2. The Balaban J connectivity index is 2.34. The van der Waals surface area contributed by atoms with Crippen molar-refractivity contribution >= 4 is 21.8 Å². The summed E-state index contributed by atoms with van der Waals surface area (Å²) in [5.41, 5.74) is 5.60. The first-order valence-electron chi connectivity index (χ1n) is 5.00. The number of nitrogens with one attached hydrogen (secondary N) is 1. The molecule has 0 aliphatic rings. The van der Waals surface area contributed by atoms with E-state index in [-0.39, 0.29) is 11.5 Å². The standard InChI is InChI=1S/C12H9BrFN3O/c13-8-4-3-7(6-9(8)14)18-10-2-1-5-17-11(10)12(15)16/h1-6H,(H3,15,16). The maximum absolute atomic E-state index is 13.3. The summed E-state index contributed by atoms with van der Waals surface area (Å²) in [6.07, 6.45) is 1.51. The van der Waals surface area contributed by atoms with E-state index in [0.717, 1.165) is 0 Å². The molecule has 18 heavy (non-hydrogen) atoms. The Kier molecular flexibility index (Phi) is 3.57. The van der Waals surface area contributed by atoms with Crippen LogP contribution in [0.1, 0.15) is 5.69 Å². The summed E-state index contributed by atoms with van der Waals surface area (Å²) in [5.74, 6) is -0.0122. The Bertz CT molecular complexity index is 604. The third-order valence-electron chi connectivity index (χ3n) is 2.14. The van der Waals surface area contributed by atoms with Crippen LogP contribution in [0.4, 0.5) is 4.39 Å². The molecule has 0 bridgehead atoms. The number of pyridine rings is 1. The second-order valence-corrected chi connectivity index (χ2v) is 4.30. The molecule has 0 aliphatic heterocycles. The Morgan fingerprint density at radius 3 is 2.83 bits per heavy atom. The molecule has 2 rings (SSSR count). The Labute approximate surface area is 111 Å². The van der Waals surface area contributed by atoms with E-state index in [9.17, 15) is 4.39 Å². The highest BCUT2D eigenvalue weighted by Gasteiger charge is 2.09. The number of hydrogen-bond acceptors (Lipinski definition) is 3. The molecular weight excluding hydrogens is 301 g/mol. The maximum Gasteiger partial charge on any atom is 0.156 e. The lowest BCUT2D eigenvalue weighted by Crippen LogP contribution is -2.14. The van der Waals surface area contributed by atoms with Crippen LogP contribution < -0.4 is 10.5 Å². The quantitative estimate of drug-likeness (QED) is 0.676. The van der Waals surface area contributed by atoms with Gasteiger partial charge in [-0.1, -0.05) is 0 Å². The first kappa shape index (κ1) is 12.5. The van der Waals surface area contributed by atoms with Gasteiger partial charge in [0.05, 0.1) is 4.47 Å². The number of benzene rings is 1. The Morgan fingerprint density at radius 1 is 1.39 bits per heavy atom. The highest BCUT2D eigenvalue weighted by molar-refractivity contribution is 9.10. The van der Waals surface area contributed by atoms with Gasteiger partial charge in [0.15, 0.2) is 5.75 Å². The monoisotopic (exact) mass is 309 g/mol. The predicted octanol–water partition coefficient (Wildman–Crippen LogP) is 3.06. The van der Waals surface area contributed by atoms with Crippen LogP contribution in [0.25, 0.3) is 0 Å². The Hall–Kier alpha value is -1.95. The zero-order valence-corrected chi connectivity index (χ0v) is 10.7. The van der Waals surface area contributed by atoms with Crippen molar-refractivity contribution in [2.45, 2.75) is 0 Å². The number of aromatic nitrogens is 1. The summed E-state index contributed by atoms with van der Waals surface area (Å²) in [6.45, 7) is 0. The van der Waals surface area contributed by atoms with E-state index in [0.29, 0.717) is 16.0 Å². The van der Waals surface area contributed by atoms with Gasteiger partial charge in [0, 0.05) is 12.3 Å². The first-order chi connectivity index (χ1) is 8.58. The van der Waals surface area contributed by atoms with E-state index >= 15 is 0 Å². The van der Waals surface area contributed by atoms with E-state index in [1.165, 1.54) is 18.3 Å². The van der Waals surface area contributed by atoms with Crippen LogP contribution in [0.15, 0.2) is 41.0 Å². The van der Waals surface area contributed by atoms with Gasteiger partial charge in [-0.05, 0) is 40.2 Å². The normalized spacial score (nSPS) is 10.1. The van der Waals surface area contributed by atoms with Crippen molar-refractivity contribution in [3.63, 3.8) is 0 Å². The van der Waals surface area contributed by atoms with Crippen molar-refractivity contribution in [1.82, 2.24) is 4.98 Å². The molecule has 0 saturated carbocycles. The first-order valence-corrected chi connectivity index (χ1v) is 5.79. The molecule has 1 aromatic heterocycles. The number of nitrogen functional groups attached to an aromatic ring is 1. The van der Waals surface area contributed by atoms with Gasteiger partial charge in [-0.15, -0.1) is 0 Å². The molecule has 0 radical (unpaired) electrons. The van der Waals surface area contributed by atoms with Crippen molar-refractivity contribution in [1.29, 1.82) is 5.41 Å². The van der Waals surface area contributed by atoms with Crippen LogP contribution >= 0.6 is 15.9 Å². The minimum atomic E-state index is -0.430. The highest BCUT2D eigenvalue weighted by Crippen LogP contribution is 2.26. The molecule has 0 unspecified atom stereocenters. The van der Waals surface area contributed by atoms with Gasteiger partial charge in [0.25, 0.3) is 0 Å². The summed E-state index contributed by atoms with van der Waals surface area (Å²) < 4.78 is 19.1. The second kappa shape index (κ2) is 5.14. The van der Waals surface area contributed by atoms with E-state index in [1.54, 1.807) is 18.2 Å². The van der Waals surface area contributed by atoms with Gasteiger partial charge in [-0.25, -0.2) is 9.37 Å². The number of halogens is 2. The van der Waals surface area contributed by atoms with Crippen molar-refractivity contribution < 1.29 is 9.13 Å². The summed E-state index contributed by atoms with van der Waals surface area (Å²) in [5, 5.41) is 7.37. The fraction of sp³-hybridized carbons (Fsp3) is 0. The third kappa shape index (κ3) is 2.65. The van der Waals surface area contributed by atoms with Gasteiger partial charge in [-0.3, -0.25) is 5.41 Å². The van der Waals surface area contributed by atoms with Crippen LogP contribution in [-0.4, -0.2) is 10.8 Å². The molecule has 0 atom stereocenters. The van der Waals surface area contributed by atoms with Crippen LogP contribution in [0, 0.1) is 11.2 Å². The molecule has 0 fully saturated rings. The number of rotatable bonds is 3. The zero-order chi connectivity index (χ0) is 13.1. The van der Waals surface area contributed by atoms with Crippen LogP contribution in [0.2, 0.25) is 0 Å². The molecule has 0 saturated heterocycles. The minimum Gasteiger partial charge on any atom is -0.455 e. The molecule has 4 nitrogen and oxygen atoms in total. The minimum absolute atomic E-state index is 0.205. The average Bonchev–Trinajstić information content (AvgIpc) is 2.34. The molecule has 0 spiro atoms. The summed E-state index contributed by atoms with van der Waals surface area (Å²) in [4.78, 5) is 3.94. The Morgan fingerprint density at radius 2 is 2.17 bits per heavy atom. The van der Waals surface area contributed by atoms with Gasteiger partial charge >= 0.3 is 0 Å². The van der Waals surface area contributed by atoms with E-state index in [4.69, 9.17) is 15.9 Å². The smallest absolute Gasteiger partial charge is 0.156 e. The van der Waals surface area contributed by atoms with Crippen LogP contribution in [-0.2, 0) is 0 Å². The lowest BCUT2D eigenvalue weighted by molar-refractivity contribution is 0.472. The van der Waals surface area contributed by atoms with E-state index in [2.05, 4.69) is 20.9 Å². The third-order valence-corrected chi connectivity index (χ3v) is 2.79. The molecular formula is C12H9BrFN3O. The van der Waals surface area contributed by atoms with Crippen molar-refractivity contribution in [3.05, 3.63) is 52.5 Å². The van der Waals surface area contributed by atoms with Crippen molar-refractivity contribution in [3.8, 4) is 11.5 Å². The number of nitrogens with zero attached hydrogens (tertiary/aromatic N) is 1. The largest absolute Gasteiger partial charge is 0.455 e. The zero-order valence-electron chi connectivity index (χ0n) is 9.15. The predicted molar refractivity (Wildman–Crippen MR) is 69.4 cm³/mol. The number of amidine groups is 1. The van der Waals surface area contributed by atoms with E-state index in [1.807, 2.05) is 0 Å². The topological polar surface area (TPSA) is 72.0 Å². The highest BCUT2D eigenvalue weighted by atomic mass is 79.9. The fourth-order valence-corrected chi connectivity index (χ4v) is 1.59. The SMILES string of the molecule is N=C(N)c1ncccc1Oc1ccc(Br)c(F)c1. The van der Waals surface area contributed by atoms with Crippen LogP contribution in [0.5, 0.6) is 11.5 Å². The second-order valence-electron chi connectivity index (χ2n) is 3.44. The fourth-order valence-electron chi connectivity index (χ4n) is 1.34.